The van der Waals surface area contributed by atoms with Gasteiger partial charge in [-0.25, -0.2) is 18.9 Å². The van der Waals surface area contributed by atoms with E-state index in [2.05, 4.69) is 15.4 Å². The molecule has 36 heavy (non-hydrogen) atoms. The van der Waals surface area contributed by atoms with Crippen molar-refractivity contribution in [1.82, 2.24) is 25.0 Å². The Hall–Kier alpha value is -3.38. The average molecular weight is 535 g/mol. The second-order valence-corrected chi connectivity index (χ2v) is 10.1. The standard InChI is InChI=1S/C23H18ClF3N6O2S/c1-11-23(30-22(34)35-11)9-16-17(15-4-6-33(31-15)21(26)27)18(13-3-2-12(25)8-14(13)24)29-19(32(16)10-23)20-28-5-7-36-20/h2-8,11,18,21H,9-10H2,1H3,(H,30,34)/t11?,18-,23+/m0/s1. The molecule has 2 fully saturated rings. The van der Waals surface area contributed by atoms with Crippen LogP contribution in [0.1, 0.15) is 42.2 Å². The lowest BCUT2D eigenvalue weighted by Crippen LogP contribution is -2.50. The van der Waals surface area contributed by atoms with Crippen LogP contribution in [0.15, 0.2) is 52.7 Å². The lowest BCUT2D eigenvalue weighted by Gasteiger charge is -2.32. The quantitative estimate of drug-likeness (QED) is 0.508. The van der Waals surface area contributed by atoms with Crippen LogP contribution in [0.3, 0.4) is 0 Å². The summed E-state index contributed by atoms with van der Waals surface area (Å²) in [4.78, 5) is 23.5. The van der Waals surface area contributed by atoms with Gasteiger partial charge < -0.3 is 15.0 Å². The van der Waals surface area contributed by atoms with Gasteiger partial charge in [-0.2, -0.15) is 13.9 Å². The number of carbonyl (C=O) groups is 1. The summed E-state index contributed by atoms with van der Waals surface area (Å²) in [6, 6.07) is 4.69. The Morgan fingerprint density at radius 1 is 1.33 bits per heavy atom. The van der Waals surface area contributed by atoms with Crippen molar-refractivity contribution in [2.75, 3.05) is 6.54 Å². The Bertz CT molecular complexity index is 1420. The number of benzene rings is 1. The molecule has 6 rings (SSSR count). The molecule has 3 atom stereocenters. The van der Waals surface area contributed by atoms with Crippen LogP contribution >= 0.6 is 22.9 Å². The highest BCUT2D eigenvalue weighted by Crippen LogP contribution is 2.49. The number of aliphatic imine (C=N–C) groups is 1. The predicted molar refractivity (Wildman–Crippen MR) is 126 cm³/mol. The van der Waals surface area contributed by atoms with E-state index in [1.807, 2.05) is 10.3 Å². The SMILES string of the molecule is CC1OC(=O)N[C@@]12CC1=C(c3ccn(C(F)F)n3)[C@H](c3ccc(F)cc3Cl)N=C(c3nccs3)N1C2. The number of aromatic nitrogens is 3. The molecule has 1 aromatic carbocycles. The van der Waals surface area contributed by atoms with Crippen LogP contribution in [0.5, 0.6) is 0 Å². The smallest absolute Gasteiger partial charge is 0.408 e. The highest BCUT2D eigenvalue weighted by molar-refractivity contribution is 7.11. The van der Waals surface area contributed by atoms with Crippen molar-refractivity contribution >= 4 is 40.4 Å². The summed E-state index contributed by atoms with van der Waals surface area (Å²) >= 11 is 7.85. The van der Waals surface area contributed by atoms with Gasteiger partial charge in [0.05, 0.1) is 12.2 Å². The van der Waals surface area contributed by atoms with Crippen molar-refractivity contribution < 1.29 is 22.7 Å². The Balaban J connectivity index is 1.59. The zero-order chi connectivity index (χ0) is 25.2. The Kier molecular flexibility index (Phi) is 5.34. The van der Waals surface area contributed by atoms with Crippen LogP contribution in [0, 0.1) is 5.82 Å². The zero-order valence-corrected chi connectivity index (χ0v) is 20.2. The van der Waals surface area contributed by atoms with Gasteiger partial charge in [-0.15, -0.1) is 11.3 Å². The van der Waals surface area contributed by atoms with Gasteiger partial charge in [0.25, 0.3) is 0 Å². The van der Waals surface area contributed by atoms with E-state index < -0.39 is 36.1 Å². The number of amidine groups is 1. The average Bonchev–Trinajstić information content (AvgIpc) is 3.60. The summed E-state index contributed by atoms with van der Waals surface area (Å²) < 4.78 is 46.8. The minimum absolute atomic E-state index is 0.140. The Morgan fingerprint density at radius 2 is 2.17 bits per heavy atom. The van der Waals surface area contributed by atoms with Crippen LogP contribution in [0.2, 0.25) is 5.02 Å². The molecular weight excluding hydrogens is 517 g/mol. The zero-order valence-electron chi connectivity index (χ0n) is 18.7. The maximum Gasteiger partial charge on any atom is 0.408 e. The van der Waals surface area contributed by atoms with Gasteiger partial charge >= 0.3 is 12.6 Å². The number of alkyl carbamates (subject to hydrolysis) is 1. The molecule has 5 heterocycles. The van der Waals surface area contributed by atoms with Gasteiger partial charge in [-0.05, 0) is 25.1 Å². The second kappa shape index (κ2) is 8.34. The van der Waals surface area contributed by atoms with E-state index in [-0.39, 0.29) is 10.7 Å². The normalized spacial score (nSPS) is 25.4. The van der Waals surface area contributed by atoms with Gasteiger partial charge in [-0.3, -0.25) is 4.99 Å². The molecule has 1 unspecified atom stereocenters. The topological polar surface area (TPSA) is 84.6 Å². The molecule has 3 aliphatic rings. The number of nitrogens with zero attached hydrogens (tertiary/aromatic N) is 5. The largest absolute Gasteiger partial charge is 0.444 e. The van der Waals surface area contributed by atoms with E-state index in [0.717, 1.165) is 5.70 Å². The fourth-order valence-electron chi connectivity index (χ4n) is 4.98. The summed E-state index contributed by atoms with van der Waals surface area (Å²) in [5.74, 6) is 0.0219. The lowest BCUT2D eigenvalue weighted by atomic mass is 9.88. The van der Waals surface area contributed by atoms with Crippen LogP contribution in [0.25, 0.3) is 5.57 Å². The monoisotopic (exact) mass is 534 g/mol. The fraction of sp³-hybridized carbons (Fsp3) is 0.304. The van der Waals surface area contributed by atoms with Crippen molar-refractivity contribution in [3.63, 3.8) is 0 Å². The number of amides is 1. The third-order valence-corrected chi connectivity index (χ3v) is 7.81. The van der Waals surface area contributed by atoms with Gasteiger partial charge in [-0.1, -0.05) is 17.7 Å². The van der Waals surface area contributed by atoms with E-state index in [9.17, 15) is 18.0 Å². The van der Waals surface area contributed by atoms with E-state index in [4.69, 9.17) is 21.3 Å². The van der Waals surface area contributed by atoms with Crippen LogP contribution in [0.4, 0.5) is 18.0 Å². The molecule has 0 bridgehead atoms. The molecule has 8 nitrogen and oxygen atoms in total. The first kappa shape index (κ1) is 23.0. The molecule has 3 aromatic rings. The van der Waals surface area contributed by atoms with E-state index in [0.29, 0.717) is 39.6 Å². The number of ether oxygens (including phenoxy) is 1. The van der Waals surface area contributed by atoms with Crippen molar-refractivity contribution in [1.29, 1.82) is 0 Å². The number of cyclic esters (lactones) is 1. The van der Waals surface area contributed by atoms with E-state index in [1.165, 1.54) is 41.8 Å². The molecule has 1 spiro atoms. The third-order valence-electron chi connectivity index (χ3n) is 6.72. The molecular formula is C23H18ClF3N6O2S. The molecule has 3 aliphatic heterocycles. The highest BCUT2D eigenvalue weighted by atomic mass is 35.5. The molecule has 0 aliphatic carbocycles. The number of thiazole rings is 1. The summed E-state index contributed by atoms with van der Waals surface area (Å²) in [5.41, 5.74) is 1.24. The maximum atomic E-state index is 13.9. The fourth-order valence-corrected chi connectivity index (χ4v) is 5.89. The molecule has 1 N–H and O–H groups in total. The Labute approximate surface area is 212 Å². The van der Waals surface area contributed by atoms with E-state index >= 15 is 0 Å². The number of hydrogen-bond donors (Lipinski definition) is 1. The molecule has 2 aromatic heterocycles. The van der Waals surface area contributed by atoms with Crippen molar-refractivity contribution in [2.24, 2.45) is 4.99 Å². The van der Waals surface area contributed by atoms with E-state index in [1.54, 1.807) is 13.1 Å². The first-order valence-electron chi connectivity index (χ1n) is 11.0. The summed E-state index contributed by atoms with van der Waals surface area (Å²) in [6.07, 6.45) is 2.18. The number of hydrogen-bond acceptors (Lipinski definition) is 7. The third kappa shape index (κ3) is 3.58. The van der Waals surface area contributed by atoms with Gasteiger partial charge in [0.2, 0.25) is 0 Å². The van der Waals surface area contributed by atoms with Gasteiger partial charge in [0.1, 0.15) is 23.5 Å². The van der Waals surface area contributed by atoms with Crippen LogP contribution < -0.4 is 5.32 Å². The number of carbonyl (C=O) groups excluding carboxylic acids is 1. The van der Waals surface area contributed by atoms with Crippen LogP contribution in [-0.2, 0) is 4.74 Å². The number of fused-ring (bicyclic) bond motifs is 1. The molecule has 1 amide bonds. The molecule has 186 valence electrons. The molecule has 2 saturated heterocycles. The highest BCUT2D eigenvalue weighted by Gasteiger charge is 2.55. The first-order chi connectivity index (χ1) is 17.3. The van der Waals surface area contributed by atoms with Gasteiger partial charge in [0.15, 0.2) is 10.8 Å². The van der Waals surface area contributed by atoms with Crippen molar-refractivity contribution in [3.05, 3.63) is 74.8 Å². The predicted octanol–water partition coefficient (Wildman–Crippen LogP) is 5.01. The summed E-state index contributed by atoms with van der Waals surface area (Å²) in [5, 5.41) is 9.64. The van der Waals surface area contributed by atoms with Crippen molar-refractivity contribution in [3.8, 4) is 0 Å². The minimum Gasteiger partial charge on any atom is -0.444 e. The second-order valence-electron chi connectivity index (χ2n) is 8.77. The maximum absolute atomic E-state index is 13.9. The summed E-state index contributed by atoms with van der Waals surface area (Å²) in [6.45, 7) is -0.698. The lowest BCUT2D eigenvalue weighted by molar-refractivity contribution is 0.0564. The molecule has 0 saturated carbocycles. The number of nitrogens with one attached hydrogen (secondary N) is 1. The minimum atomic E-state index is -2.83. The van der Waals surface area contributed by atoms with Crippen LogP contribution in [-0.4, -0.2) is 49.8 Å². The van der Waals surface area contributed by atoms with Gasteiger partial charge in [0, 0.05) is 46.1 Å². The number of rotatable bonds is 4. The number of alkyl halides is 2. The molecule has 0 radical (unpaired) electrons. The molecule has 13 heteroatoms. The van der Waals surface area contributed by atoms with Crippen molar-refractivity contribution in [2.45, 2.75) is 37.6 Å². The number of halogens is 4. The Morgan fingerprint density at radius 3 is 2.81 bits per heavy atom. The first-order valence-corrected chi connectivity index (χ1v) is 12.3. The summed E-state index contributed by atoms with van der Waals surface area (Å²) in [7, 11) is 0.